The molecule has 0 amide bonds. The van der Waals surface area contributed by atoms with E-state index in [-0.39, 0.29) is 31.1 Å². The average Bonchev–Trinajstić information content (AvgIpc) is 3.49. The van der Waals surface area contributed by atoms with E-state index in [1.54, 1.807) is 0 Å². The van der Waals surface area contributed by atoms with Crippen molar-refractivity contribution in [1.82, 2.24) is 0 Å². The van der Waals surface area contributed by atoms with E-state index in [4.69, 9.17) is 14.2 Å². The van der Waals surface area contributed by atoms with Gasteiger partial charge in [0.25, 0.3) is 0 Å². The van der Waals surface area contributed by atoms with Crippen LogP contribution in [0.3, 0.4) is 0 Å². The van der Waals surface area contributed by atoms with E-state index in [1.807, 2.05) is 0 Å². The van der Waals surface area contributed by atoms with E-state index in [0.29, 0.717) is 19.3 Å². The first-order valence-electron chi connectivity index (χ1n) is 35.7. The molecule has 0 fully saturated rings. The standard InChI is InChI=1S/C77H134O6/c1-4-7-10-13-16-19-22-25-27-29-30-31-32-33-34-35-36-37-38-39-40-41-42-43-44-45-46-48-49-52-55-58-61-64-67-70-76(79)82-73-74(72-81-75(78)69-66-63-60-57-54-51-24-21-18-15-12-9-6-3)83-77(80)71-68-65-62-59-56-53-50-47-28-26-23-20-17-14-11-8-5-2/h8-9,11-12,17-18,20-21,26,28-30,50-51,53-54,74H,4-7,10,13-16,19,22-25,27,31-49,52,55-73H2,1-3H3/b11-8-,12-9-,20-17-,21-18-,28-26-,30-29-,53-50-,54-51-. The SMILES string of the molecule is CC/C=C\C/C=C\C/C=C\C/C=C\CCCCCCC(=O)OC(COC(=O)CCCCC/C=C\C/C=C\C/C=C\CC)COC(=O)CCCCCCCCCCCCCCCCCCCCCCCCC/C=C\CCCCCCCCCC. The summed E-state index contributed by atoms with van der Waals surface area (Å²) in [5.74, 6) is -0.938. The summed E-state index contributed by atoms with van der Waals surface area (Å²) in [6.45, 7) is 6.40. The van der Waals surface area contributed by atoms with Gasteiger partial charge in [-0.2, -0.15) is 0 Å². The minimum Gasteiger partial charge on any atom is -0.462 e. The molecule has 0 saturated heterocycles. The van der Waals surface area contributed by atoms with Gasteiger partial charge in [-0.15, -0.1) is 0 Å². The van der Waals surface area contributed by atoms with E-state index >= 15 is 0 Å². The number of esters is 3. The van der Waals surface area contributed by atoms with Crippen molar-refractivity contribution in [3.63, 3.8) is 0 Å². The second kappa shape index (κ2) is 70.8. The first-order valence-corrected chi connectivity index (χ1v) is 35.7. The minimum absolute atomic E-state index is 0.0950. The third kappa shape index (κ3) is 69.0. The fourth-order valence-electron chi connectivity index (χ4n) is 10.3. The largest absolute Gasteiger partial charge is 0.462 e. The zero-order chi connectivity index (χ0) is 59.9. The van der Waals surface area contributed by atoms with E-state index in [1.165, 1.54) is 193 Å². The zero-order valence-corrected chi connectivity index (χ0v) is 54.9. The number of hydrogen-bond donors (Lipinski definition) is 0. The lowest BCUT2D eigenvalue weighted by molar-refractivity contribution is -0.167. The maximum absolute atomic E-state index is 12.9. The molecule has 0 rings (SSSR count). The van der Waals surface area contributed by atoms with Crippen molar-refractivity contribution in [2.75, 3.05) is 13.2 Å². The third-order valence-electron chi connectivity index (χ3n) is 15.6. The number of carbonyl (C=O) groups is 3. The number of hydrogen-bond acceptors (Lipinski definition) is 6. The van der Waals surface area contributed by atoms with Crippen LogP contribution in [0, 0.1) is 0 Å². The first kappa shape index (κ1) is 79.3. The molecule has 0 aliphatic rings. The average molecular weight is 1160 g/mol. The van der Waals surface area contributed by atoms with Crippen LogP contribution in [0.5, 0.6) is 0 Å². The topological polar surface area (TPSA) is 78.9 Å². The predicted octanol–water partition coefficient (Wildman–Crippen LogP) is 24.8. The molecular formula is C77H134O6. The van der Waals surface area contributed by atoms with Crippen LogP contribution in [0.2, 0.25) is 0 Å². The highest BCUT2D eigenvalue weighted by atomic mass is 16.6. The summed E-state index contributed by atoms with van der Waals surface area (Å²) >= 11 is 0. The van der Waals surface area contributed by atoms with E-state index < -0.39 is 6.10 Å². The van der Waals surface area contributed by atoms with Crippen molar-refractivity contribution in [1.29, 1.82) is 0 Å². The molecule has 0 bridgehead atoms. The summed E-state index contributed by atoms with van der Waals surface area (Å²) in [7, 11) is 0. The van der Waals surface area contributed by atoms with Crippen molar-refractivity contribution >= 4 is 17.9 Å². The van der Waals surface area contributed by atoms with Gasteiger partial charge >= 0.3 is 17.9 Å². The zero-order valence-electron chi connectivity index (χ0n) is 54.9. The predicted molar refractivity (Wildman–Crippen MR) is 362 cm³/mol. The summed E-state index contributed by atoms with van der Waals surface area (Å²) in [4.78, 5) is 38.3. The van der Waals surface area contributed by atoms with E-state index in [0.717, 1.165) is 122 Å². The lowest BCUT2D eigenvalue weighted by atomic mass is 10.0. The second-order valence-electron chi connectivity index (χ2n) is 23.7. The molecule has 6 nitrogen and oxygen atoms in total. The lowest BCUT2D eigenvalue weighted by Crippen LogP contribution is -2.30. The Morgan fingerprint density at radius 2 is 0.470 bits per heavy atom. The minimum atomic E-state index is -0.804. The molecule has 0 aromatic carbocycles. The van der Waals surface area contributed by atoms with Crippen molar-refractivity contribution in [3.05, 3.63) is 97.2 Å². The number of rotatable bonds is 65. The molecule has 83 heavy (non-hydrogen) atoms. The van der Waals surface area contributed by atoms with Crippen LogP contribution in [-0.2, 0) is 28.6 Å². The Labute approximate surface area is 515 Å². The molecular weight excluding hydrogens is 1020 g/mol. The van der Waals surface area contributed by atoms with Crippen LogP contribution in [0.1, 0.15) is 355 Å². The van der Waals surface area contributed by atoms with Gasteiger partial charge < -0.3 is 14.2 Å². The molecule has 0 spiro atoms. The van der Waals surface area contributed by atoms with Gasteiger partial charge in [-0.25, -0.2) is 0 Å². The maximum atomic E-state index is 12.9. The molecule has 6 heteroatoms. The summed E-state index contributed by atoms with van der Waals surface area (Å²) in [6, 6.07) is 0. The highest BCUT2D eigenvalue weighted by molar-refractivity contribution is 5.71. The Morgan fingerprint density at radius 1 is 0.253 bits per heavy atom. The Balaban J connectivity index is 4.13. The van der Waals surface area contributed by atoms with Crippen molar-refractivity contribution in [2.45, 2.75) is 361 Å². The second-order valence-corrected chi connectivity index (χ2v) is 23.7. The van der Waals surface area contributed by atoms with Crippen LogP contribution >= 0.6 is 0 Å². The van der Waals surface area contributed by atoms with Gasteiger partial charge in [0.05, 0.1) is 0 Å². The van der Waals surface area contributed by atoms with Gasteiger partial charge in [-0.3, -0.25) is 14.4 Å². The Morgan fingerprint density at radius 3 is 0.759 bits per heavy atom. The number of unbranched alkanes of at least 4 members (excludes halogenated alkanes) is 38. The van der Waals surface area contributed by atoms with E-state index in [2.05, 4.69) is 118 Å². The van der Waals surface area contributed by atoms with Crippen molar-refractivity contribution < 1.29 is 28.6 Å². The van der Waals surface area contributed by atoms with Crippen LogP contribution in [0.15, 0.2) is 97.2 Å². The van der Waals surface area contributed by atoms with Gasteiger partial charge in [-0.1, -0.05) is 317 Å². The molecule has 0 heterocycles. The van der Waals surface area contributed by atoms with Gasteiger partial charge in [0.1, 0.15) is 13.2 Å². The van der Waals surface area contributed by atoms with Gasteiger partial charge in [0.2, 0.25) is 0 Å². The van der Waals surface area contributed by atoms with Gasteiger partial charge in [0.15, 0.2) is 6.10 Å². The molecule has 1 atom stereocenters. The summed E-state index contributed by atoms with van der Waals surface area (Å²) in [5, 5.41) is 0. The Kier molecular flexibility index (Phi) is 67.7. The summed E-state index contributed by atoms with van der Waals surface area (Å²) in [6.07, 6.45) is 96.2. The Bertz CT molecular complexity index is 1610. The summed E-state index contributed by atoms with van der Waals surface area (Å²) < 4.78 is 16.9. The number of ether oxygens (including phenoxy) is 3. The van der Waals surface area contributed by atoms with Gasteiger partial charge in [-0.05, 0) is 116 Å². The fourth-order valence-corrected chi connectivity index (χ4v) is 10.3. The van der Waals surface area contributed by atoms with Crippen LogP contribution < -0.4 is 0 Å². The Hall–Kier alpha value is -3.67. The molecule has 0 N–H and O–H groups in total. The quantitative estimate of drug-likeness (QED) is 0.0261. The van der Waals surface area contributed by atoms with Crippen LogP contribution in [0.4, 0.5) is 0 Å². The molecule has 478 valence electrons. The molecule has 0 aromatic rings. The smallest absolute Gasteiger partial charge is 0.306 e. The van der Waals surface area contributed by atoms with Crippen molar-refractivity contribution in [2.24, 2.45) is 0 Å². The number of allylic oxidation sites excluding steroid dienone is 16. The van der Waals surface area contributed by atoms with Crippen LogP contribution in [0.25, 0.3) is 0 Å². The van der Waals surface area contributed by atoms with Crippen LogP contribution in [-0.4, -0.2) is 37.2 Å². The first-order chi connectivity index (χ1) is 41.0. The third-order valence-corrected chi connectivity index (χ3v) is 15.6. The lowest BCUT2D eigenvalue weighted by Gasteiger charge is -2.18. The molecule has 0 saturated carbocycles. The summed E-state index contributed by atoms with van der Waals surface area (Å²) in [5.41, 5.74) is 0. The molecule has 0 aliphatic carbocycles. The molecule has 0 aliphatic heterocycles. The normalized spacial score (nSPS) is 12.7. The van der Waals surface area contributed by atoms with Gasteiger partial charge in [0, 0.05) is 19.3 Å². The van der Waals surface area contributed by atoms with E-state index in [9.17, 15) is 14.4 Å². The molecule has 1 unspecified atom stereocenters. The van der Waals surface area contributed by atoms with Crippen molar-refractivity contribution in [3.8, 4) is 0 Å². The fraction of sp³-hybridized carbons (Fsp3) is 0.753. The highest BCUT2D eigenvalue weighted by Crippen LogP contribution is 2.18. The molecule has 0 radical (unpaired) electrons. The highest BCUT2D eigenvalue weighted by Gasteiger charge is 2.19. The monoisotopic (exact) mass is 1160 g/mol. The molecule has 0 aromatic heterocycles. The number of carbonyl (C=O) groups excluding carboxylic acids is 3. The maximum Gasteiger partial charge on any atom is 0.306 e.